The van der Waals surface area contributed by atoms with Crippen molar-refractivity contribution in [2.45, 2.75) is 25.8 Å². The molecule has 2 aromatic carbocycles. The van der Waals surface area contributed by atoms with Gasteiger partial charge in [-0.15, -0.1) is 0 Å². The van der Waals surface area contributed by atoms with Crippen molar-refractivity contribution >= 4 is 5.97 Å². The van der Waals surface area contributed by atoms with Crippen molar-refractivity contribution in [2.75, 3.05) is 34.4 Å². The van der Waals surface area contributed by atoms with Crippen LogP contribution in [0.5, 0.6) is 17.2 Å². The minimum Gasteiger partial charge on any atom is -0.496 e. The van der Waals surface area contributed by atoms with Crippen LogP contribution in [0.1, 0.15) is 35.6 Å². The minimum absolute atomic E-state index is 0.146. The number of piperidine rings is 1. The quantitative estimate of drug-likeness (QED) is 0.761. The maximum absolute atomic E-state index is 11.7. The van der Waals surface area contributed by atoms with Gasteiger partial charge in [0.25, 0.3) is 0 Å². The van der Waals surface area contributed by atoms with Crippen molar-refractivity contribution in [3.63, 3.8) is 0 Å². The van der Waals surface area contributed by atoms with E-state index in [9.17, 15) is 9.90 Å². The van der Waals surface area contributed by atoms with Crippen LogP contribution in [-0.2, 0) is 4.79 Å². The molecule has 0 amide bonds. The lowest BCUT2D eigenvalue weighted by Crippen LogP contribution is -2.41. The maximum Gasteiger partial charge on any atom is 0.307 e. The molecular weight excluding hydrogens is 370 g/mol. The molecule has 2 atom stereocenters. The third kappa shape index (κ3) is 4.48. The molecule has 0 aromatic heterocycles. The predicted octanol–water partition coefficient (Wildman–Crippen LogP) is 3.91. The average Bonchev–Trinajstić information content (AvgIpc) is 2.73. The lowest BCUT2D eigenvalue weighted by Gasteiger charge is -2.38. The first-order valence-corrected chi connectivity index (χ1v) is 9.81. The summed E-state index contributed by atoms with van der Waals surface area (Å²) < 4.78 is 16.7. The number of carboxylic acids is 1. The Morgan fingerprint density at radius 3 is 2.38 bits per heavy atom. The van der Waals surface area contributed by atoms with Crippen molar-refractivity contribution in [1.82, 2.24) is 4.90 Å². The highest BCUT2D eigenvalue weighted by Crippen LogP contribution is 2.43. The van der Waals surface area contributed by atoms with Gasteiger partial charge in [0, 0.05) is 18.2 Å². The van der Waals surface area contributed by atoms with Gasteiger partial charge in [-0.2, -0.15) is 0 Å². The number of nitrogens with zero attached hydrogens (tertiary/aromatic N) is 1. The van der Waals surface area contributed by atoms with Gasteiger partial charge in [-0.05, 0) is 37.9 Å². The summed E-state index contributed by atoms with van der Waals surface area (Å²) in [5, 5.41) is 9.59. The minimum atomic E-state index is -0.739. The van der Waals surface area contributed by atoms with E-state index in [2.05, 4.69) is 30.0 Å². The van der Waals surface area contributed by atoms with Crippen LogP contribution in [0.4, 0.5) is 0 Å². The zero-order chi connectivity index (χ0) is 21.0. The van der Waals surface area contributed by atoms with Gasteiger partial charge in [0.2, 0.25) is 0 Å². The van der Waals surface area contributed by atoms with Gasteiger partial charge in [0.05, 0.1) is 33.3 Å². The Morgan fingerprint density at radius 1 is 1.07 bits per heavy atom. The molecule has 0 spiro atoms. The molecule has 6 nitrogen and oxygen atoms in total. The fourth-order valence-corrected chi connectivity index (χ4v) is 4.14. The van der Waals surface area contributed by atoms with Crippen LogP contribution in [0.15, 0.2) is 36.4 Å². The third-order valence-electron chi connectivity index (χ3n) is 5.56. The van der Waals surface area contributed by atoms with Gasteiger partial charge < -0.3 is 19.3 Å². The summed E-state index contributed by atoms with van der Waals surface area (Å²) in [6, 6.07) is 11.9. The topological polar surface area (TPSA) is 68.2 Å². The number of hydrogen-bond donors (Lipinski definition) is 1. The highest BCUT2D eigenvalue weighted by Gasteiger charge is 2.33. The Balaban J connectivity index is 2.14. The van der Waals surface area contributed by atoms with E-state index in [-0.39, 0.29) is 12.0 Å². The summed E-state index contributed by atoms with van der Waals surface area (Å²) in [4.78, 5) is 13.9. The summed E-state index contributed by atoms with van der Waals surface area (Å²) in [7, 11) is 4.84. The Kier molecular flexibility index (Phi) is 6.64. The van der Waals surface area contributed by atoms with Crippen LogP contribution in [-0.4, -0.2) is 50.4 Å². The SMILES string of the molecule is COc1cc(OC)c(C(c2cccc(C)c2)N2CCCC(C(=O)O)C2)cc1OC. The van der Waals surface area contributed by atoms with Gasteiger partial charge in [0.15, 0.2) is 11.5 Å². The molecule has 29 heavy (non-hydrogen) atoms. The lowest BCUT2D eigenvalue weighted by atomic mass is 9.90. The number of carboxylic acid groups (broad SMARTS) is 1. The van der Waals surface area contributed by atoms with Gasteiger partial charge in [-0.3, -0.25) is 9.69 Å². The summed E-state index contributed by atoms with van der Waals surface area (Å²) in [6.45, 7) is 3.37. The van der Waals surface area contributed by atoms with Crippen LogP contribution < -0.4 is 14.2 Å². The van der Waals surface area contributed by atoms with Gasteiger partial charge >= 0.3 is 5.97 Å². The fraction of sp³-hybridized carbons (Fsp3) is 0.435. The average molecular weight is 399 g/mol. The van der Waals surface area contributed by atoms with Crippen LogP contribution in [0.25, 0.3) is 0 Å². The van der Waals surface area contributed by atoms with E-state index in [4.69, 9.17) is 14.2 Å². The van der Waals surface area contributed by atoms with Gasteiger partial charge in [-0.1, -0.05) is 29.8 Å². The molecule has 3 rings (SSSR count). The second kappa shape index (κ2) is 9.18. The van der Waals surface area contributed by atoms with Gasteiger partial charge in [0.1, 0.15) is 5.75 Å². The number of methoxy groups -OCH3 is 3. The molecule has 0 aliphatic carbocycles. The third-order valence-corrected chi connectivity index (χ3v) is 5.56. The Morgan fingerprint density at radius 2 is 1.76 bits per heavy atom. The van der Waals surface area contributed by atoms with Crippen molar-refractivity contribution in [3.8, 4) is 17.2 Å². The maximum atomic E-state index is 11.7. The smallest absolute Gasteiger partial charge is 0.307 e. The number of ether oxygens (including phenoxy) is 3. The van der Waals surface area contributed by atoms with Crippen LogP contribution in [0.2, 0.25) is 0 Å². The van der Waals surface area contributed by atoms with Crippen LogP contribution in [0.3, 0.4) is 0 Å². The first-order valence-electron chi connectivity index (χ1n) is 9.81. The molecular formula is C23H29NO5. The summed E-state index contributed by atoms with van der Waals surface area (Å²) in [5.41, 5.74) is 3.18. The molecule has 1 N–H and O–H groups in total. The molecule has 6 heteroatoms. The van der Waals surface area contributed by atoms with E-state index in [1.54, 1.807) is 21.3 Å². The van der Waals surface area contributed by atoms with Crippen molar-refractivity contribution in [3.05, 3.63) is 53.1 Å². The standard InChI is InChI=1S/C23H29NO5/c1-15-7-5-8-16(11-15)22(24-10-6-9-17(14-24)23(25)26)18-12-20(28-3)21(29-4)13-19(18)27-2/h5,7-8,11-13,17,22H,6,9-10,14H2,1-4H3,(H,25,26). The van der Waals surface area contributed by atoms with Crippen molar-refractivity contribution in [1.29, 1.82) is 0 Å². The number of rotatable bonds is 7. The predicted molar refractivity (Wildman–Crippen MR) is 111 cm³/mol. The zero-order valence-corrected chi connectivity index (χ0v) is 17.5. The molecule has 2 unspecified atom stereocenters. The second-order valence-electron chi connectivity index (χ2n) is 7.44. The summed E-state index contributed by atoms with van der Waals surface area (Å²) in [5.74, 6) is 0.789. The Bertz CT molecular complexity index is 866. The monoisotopic (exact) mass is 399 g/mol. The van der Waals surface area contributed by atoms with E-state index in [0.29, 0.717) is 30.2 Å². The number of hydrogen-bond acceptors (Lipinski definition) is 5. The first-order chi connectivity index (χ1) is 14.0. The molecule has 1 heterocycles. The fourth-order valence-electron chi connectivity index (χ4n) is 4.14. The van der Waals surface area contributed by atoms with Gasteiger partial charge in [-0.25, -0.2) is 0 Å². The summed E-state index contributed by atoms with van der Waals surface area (Å²) >= 11 is 0. The lowest BCUT2D eigenvalue weighted by molar-refractivity contribution is -0.143. The highest BCUT2D eigenvalue weighted by atomic mass is 16.5. The summed E-state index contributed by atoms with van der Waals surface area (Å²) in [6.07, 6.45) is 1.55. The Labute approximate surface area is 172 Å². The number of aliphatic carboxylic acids is 1. The van der Waals surface area contributed by atoms with E-state index >= 15 is 0 Å². The van der Waals surface area contributed by atoms with Crippen LogP contribution >= 0.6 is 0 Å². The van der Waals surface area contributed by atoms with E-state index in [1.807, 2.05) is 18.2 Å². The molecule has 1 saturated heterocycles. The molecule has 0 radical (unpaired) electrons. The van der Waals surface area contributed by atoms with E-state index in [0.717, 1.165) is 29.7 Å². The number of likely N-dealkylation sites (tertiary alicyclic amines) is 1. The zero-order valence-electron chi connectivity index (χ0n) is 17.5. The first kappa shape index (κ1) is 21.0. The molecule has 2 aromatic rings. The molecule has 1 aliphatic rings. The number of benzene rings is 2. The van der Waals surface area contributed by atoms with Crippen molar-refractivity contribution in [2.24, 2.45) is 5.92 Å². The largest absolute Gasteiger partial charge is 0.496 e. The molecule has 1 fully saturated rings. The number of carbonyl (C=O) groups is 1. The van der Waals surface area contributed by atoms with Crippen molar-refractivity contribution < 1.29 is 24.1 Å². The normalized spacial score (nSPS) is 18.1. The van der Waals surface area contributed by atoms with Crippen LogP contribution in [0, 0.1) is 12.8 Å². The molecule has 156 valence electrons. The number of aryl methyl sites for hydroxylation is 1. The second-order valence-corrected chi connectivity index (χ2v) is 7.44. The Hall–Kier alpha value is -2.73. The molecule has 1 aliphatic heterocycles. The highest BCUT2D eigenvalue weighted by molar-refractivity contribution is 5.70. The van der Waals surface area contributed by atoms with E-state index in [1.165, 1.54) is 0 Å². The van der Waals surface area contributed by atoms with E-state index < -0.39 is 5.97 Å². The molecule has 0 saturated carbocycles. The molecule has 0 bridgehead atoms.